The van der Waals surface area contributed by atoms with Crippen LogP contribution in [0.25, 0.3) is 0 Å². The van der Waals surface area contributed by atoms with Gasteiger partial charge in [0, 0.05) is 182 Å². The van der Waals surface area contributed by atoms with Gasteiger partial charge in [-0.2, -0.15) is 0 Å². The predicted molar refractivity (Wildman–Crippen MR) is 372 cm³/mol. The summed E-state index contributed by atoms with van der Waals surface area (Å²) in [6.07, 6.45) is 18.5. The number of β-amino-alcohol motifs (C(OH)–C–C–N with tert-alkyl or cyclic N) is 4. The molecule has 3 saturated heterocycles. The van der Waals surface area contributed by atoms with Crippen LogP contribution in [0.3, 0.4) is 0 Å². The molecule has 0 aromatic heterocycles. The first-order valence-electron chi connectivity index (χ1n) is 35.0. The first-order valence-corrected chi connectivity index (χ1v) is 35.0. The van der Waals surface area contributed by atoms with Crippen molar-refractivity contribution in [2.24, 2.45) is 5.92 Å². The summed E-state index contributed by atoms with van der Waals surface area (Å²) in [5, 5.41) is 85.0. The number of carbonyl (C=O) groups is 4. The van der Waals surface area contributed by atoms with Crippen molar-refractivity contribution in [3.8, 4) is 0 Å². The normalized spacial score (nSPS) is 19.8. The number of rotatable bonds is 35. The van der Waals surface area contributed by atoms with Gasteiger partial charge in [-0.05, 0) is 87.0 Å². The molecule has 0 saturated carbocycles. The van der Waals surface area contributed by atoms with E-state index in [1.165, 1.54) is 57.8 Å². The van der Waals surface area contributed by atoms with Gasteiger partial charge in [0.05, 0.1) is 50.3 Å². The number of aliphatic carboxylic acids is 1. The van der Waals surface area contributed by atoms with Gasteiger partial charge in [0.25, 0.3) is 0 Å². The minimum Gasteiger partial charge on any atom is -0.481 e. The van der Waals surface area contributed by atoms with E-state index in [2.05, 4.69) is 92.7 Å². The van der Waals surface area contributed by atoms with E-state index in [0.29, 0.717) is 89.3 Å². The van der Waals surface area contributed by atoms with Crippen LogP contribution >= 0.6 is 0 Å². The van der Waals surface area contributed by atoms with Crippen LogP contribution < -0.4 is 31.9 Å². The number of nitrogens with zero attached hydrogens (tertiary/aromatic N) is 4. The number of allylic oxidation sites excluding steroid dienone is 1. The average Bonchev–Trinajstić information content (AvgIpc) is 2.07. The van der Waals surface area contributed by atoms with E-state index in [4.69, 9.17) is 20.1 Å². The number of hydrogen-bond acceptors (Lipinski definition) is 21. The number of aliphatic hydroxyl groups is 6. The number of Topliss-reactive ketones (excluding diaryl/α,β-unsaturated/α-hetero) is 3. The maximum absolute atomic E-state index is 11.8. The summed E-state index contributed by atoms with van der Waals surface area (Å²) in [7, 11) is 0. The summed E-state index contributed by atoms with van der Waals surface area (Å²) in [5.41, 5.74) is 0. The lowest BCUT2D eigenvalue weighted by Gasteiger charge is -2.40. The lowest BCUT2D eigenvalue weighted by molar-refractivity contribution is -0.137. The van der Waals surface area contributed by atoms with Gasteiger partial charge in [-0.3, -0.25) is 24.4 Å². The average molecular weight is 1290 g/mol. The molecule has 3 heterocycles. The molecule has 13 N–H and O–H groups in total. The zero-order valence-corrected chi connectivity index (χ0v) is 59.6. The van der Waals surface area contributed by atoms with Gasteiger partial charge in [-0.1, -0.05) is 91.6 Å². The molecule has 3 aliphatic heterocycles. The van der Waals surface area contributed by atoms with E-state index >= 15 is 0 Å². The van der Waals surface area contributed by atoms with Gasteiger partial charge >= 0.3 is 5.97 Å². The minimum absolute atomic E-state index is 0.0697. The van der Waals surface area contributed by atoms with Crippen molar-refractivity contribution in [1.29, 1.82) is 0 Å². The summed E-state index contributed by atoms with van der Waals surface area (Å²) in [5.74, 6) is 0.695. The van der Waals surface area contributed by atoms with Crippen molar-refractivity contribution >= 4 is 23.3 Å². The van der Waals surface area contributed by atoms with Gasteiger partial charge in [0.1, 0.15) is 17.3 Å². The molecule has 3 rings (SSSR count). The molecule has 0 radical (unpaired) electrons. The molecule has 3 fully saturated rings. The molecule has 0 aliphatic carbocycles. The molecule has 3 aliphatic rings. The Morgan fingerprint density at radius 1 is 0.578 bits per heavy atom. The van der Waals surface area contributed by atoms with Gasteiger partial charge in [-0.15, -0.1) is 6.58 Å². The maximum Gasteiger partial charge on any atom is 0.303 e. The van der Waals surface area contributed by atoms with E-state index in [0.717, 1.165) is 124 Å². The fraction of sp³-hybridized carbons (Fsp3) is 0.912. The largest absolute Gasteiger partial charge is 0.481 e. The SMILES string of the molecule is C=CCCC(C)=O.CC(=O)CCC1CN(CC(C)O)CCN(CC(C)O)CCN(CC(C)O)CCN1CC(C)O.CC1CO1.CCC(C)CCC(C)=O.CCCCCCCCCC.O=C(O)CCC1CNCCNCCNCCN1.OCCNCCNCCO. The molecule has 8 atom stereocenters. The molecule has 0 aromatic rings. The molecular weight excluding hydrogens is 1150 g/mol. The Balaban J connectivity index is -0.000000539. The van der Waals surface area contributed by atoms with E-state index in [-0.39, 0.29) is 43.3 Å². The van der Waals surface area contributed by atoms with Crippen LogP contribution in [0.1, 0.15) is 192 Å². The Kier molecular flexibility index (Phi) is 72.4. The number of unbranched alkanes of at least 4 members (excludes halogenated alkanes) is 7. The van der Waals surface area contributed by atoms with E-state index < -0.39 is 30.4 Å². The zero-order chi connectivity index (χ0) is 68.6. The zero-order valence-electron chi connectivity index (χ0n) is 59.6. The third-order valence-corrected chi connectivity index (χ3v) is 14.7. The van der Waals surface area contributed by atoms with E-state index in [1.54, 1.807) is 54.5 Å². The first-order chi connectivity index (χ1) is 42.9. The number of ether oxygens (including phenoxy) is 1. The lowest BCUT2D eigenvalue weighted by Crippen LogP contribution is -2.53. The topological polar surface area (TPSA) is 308 Å². The van der Waals surface area contributed by atoms with Crippen LogP contribution in [-0.4, -0.2) is 285 Å². The molecule has 0 bridgehead atoms. The molecule has 90 heavy (non-hydrogen) atoms. The summed E-state index contributed by atoms with van der Waals surface area (Å²) in [4.78, 5) is 52.0. The number of nitrogens with one attached hydrogen (secondary N) is 6. The highest BCUT2D eigenvalue weighted by molar-refractivity contribution is 5.76. The van der Waals surface area contributed by atoms with Crippen LogP contribution in [0, 0.1) is 5.92 Å². The molecule has 538 valence electrons. The number of aliphatic hydroxyl groups excluding tert-OH is 6. The van der Waals surface area contributed by atoms with Crippen molar-refractivity contribution in [3.63, 3.8) is 0 Å². The third kappa shape index (κ3) is 78.0. The molecule has 8 unspecified atom stereocenters. The van der Waals surface area contributed by atoms with Crippen molar-refractivity contribution in [1.82, 2.24) is 51.5 Å². The molecule has 22 heteroatoms. The Morgan fingerprint density at radius 3 is 1.39 bits per heavy atom. The smallest absolute Gasteiger partial charge is 0.303 e. The first kappa shape index (κ1) is 93.9. The molecular formula is C68H144N10O12. The molecule has 0 amide bonds. The second-order valence-electron chi connectivity index (χ2n) is 24.9. The van der Waals surface area contributed by atoms with Gasteiger partial charge in [-0.25, -0.2) is 0 Å². The van der Waals surface area contributed by atoms with Crippen LogP contribution in [0.2, 0.25) is 0 Å². The van der Waals surface area contributed by atoms with Crippen molar-refractivity contribution in [3.05, 3.63) is 12.7 Å². The number of hydrogen-bond donors (Lipinski definition) is 13. The second-order valence-corrected chi connectivity index (χ2v) is 24.9. The number of epoxide rings is 1. The molecule has 0 aromatic carbocycles. The maximum atomic E-state index is 11.8. The Labute approximate surface area is 549 Å². The highest BCUT2D eigenvalue weighted by Gasteiger charge is 2.26. The van der Waals surface area contributed by atoms with E-state index in [1.807, 2.05) is 0 Å². The van der Waals surface area contributed by atoms with Crippen LogP contribution in [-0.2, 0) is 23.9 Å². The molecule has 0 spiro atoms. The van der Waals surface area contributed by atoms with Crippen LogP contribution in [0.4, 0.5) is 0 Å². The van der Waals surface area contributed by atoms with Crippen molar-refractivity contribution < 1.29 is 59.7 Å². The van der Waals surface area contributed by atoms with Gasteiger partial charge < -0.3 is 86.8 Å². The number of carboxylic acid groups (broad SMARTS) is 1. The Bertz CT molecular complexity index is 1540. The van der Waals surface area contributed by atoms with Crippen molar-refractivity contribution in [2.75, 3.05) is 164 Å². The Morgan fingerprint density at radius 2 is 1.00 bits per heavy atom. The van der Waals surface area contributed by atoms with Crippen molar-refractivity contribution in [2.45, 2.75) is 235 Å². The fourth-order valence-corrected chi connectivity index (χ4v) is 9.29. The minimum atomic E-state index is -0.724. The summed E-state index contributed by atoms with van der Waals surface area (Å²) in [6, 6.07) is 0.313. The van der Waals surface area contributed by atoms with Crippen LogP contribution in [0.5, 0.6) is 0 Å². The summed E-state index contributed by atoms with van der Waals surface area (Å²) < 4.78 is 4.71. The van der Waals surface area contributed by atoms with Crippen LogP contribution in [0.15, 0.2) is 12.7 Å². The van der Waals surface area contributed by atoms with E-state index in [9.17, 15) is 39.6 Å². The number of ketones is 3. The van der Waals surface area contributed by atoms with Gasteiger partial charge in [0.15, 0.2) is 0 Å². The highest BCUT2D eigenvalue weighted by atomic mass is 16.6. The molecule has 22 nitrogen and oxygen atoms in total. The summed E-state index contributed by atoms with van der Waals surface area (Å²) >= 11 is 0. The standard InChI is InChI=1S/C24H50N4O5.C11H24N4O2.C10H22.C8H16O.C6H16N2O2.C6H10O.C3H6O/c1-19(29)6-7-24-18-27(16-22(4)32)11-10-25(14-20(2)30)8-9-26(15-21(3)31)12-13-28(24)17-23(5)33;16-11(17)2-1-10-9-14-6-5-12-3-4-13-7-8-15-10;1-3-5-7-9-10-8-6-4-2;1-4-7(2)5-6-8(3)9;9-5-3-7-1-2-8-4-6-10;1-3-4-5-6(2)7;1-3-2-4-3/h20-24,30-33H,6-18H2,1-5H3;10,12-15H,1-9H2,(H,16,17);3-10H2,1-2H3;7H,4-6H2,1-3H3;7-10H,1-6H2;3H,1,4-5H2,2H3;3H,2H2,1H3. The highest BCUT2D eigenvalue weighted by Crippen LogP contribution is 2.15. The number of carboxylic acids is 1. The lowest BCUT2D eigenvalue weighted by atomic mass is 10.0. The third-order valence-electron chi connectivity index (χ3n) is 14.7. The quantitative estimate of drug-likeness (QED) is 0.0232. The monoisotopic (exact) mass is 1290 g/mol. The predicted octanol–water partition coefficient (Wildman–Crippen LogP) is 4.71. The second kappa shape index (κ2) is 69.4. The van der Waals surface area contributed by atoms with Gasteiger partial charge in [0.2, 0.25) is 0 Å². The Hall–Kier alpha value is -2.46. The fourth-order valence-electron chi connectivity index (χ4n) is 9.29. The summed E-state index contributed by atoms with van der Waals surface area (Å²) in [6.45, 7) is 44.6. The number of carbonyl (C=O) groups excluding carboxylic acids is 3.